The predicted molar refractivity (Wildman–Crippen MR) is 94.2 cm³/mol. The Balaban J connectivity index is 0.00000161. The molecule has 1 heterocycles. The molecule has 0 bridgehead atoms. The largest absolute Gasteiger partial charge is 0.383 e. The van der Waals surface area contributed by atoms with E-state index < -0.39 is 0 Å². The first-order chi connectivity index (χ1) is 9.55. The molecule has 0 aromatic heterocycles. The summed E-state index contributed by atoms with van der Waals surface area (Å²) in [4.78, 5) is 4.87. The first kappa shape index (κ1) is 16.1. The van der Waals surface area contributed by atoms with Crippen LogP contribution in [0.15, 0.2) is 58.0 Å². The van der Waals surface area contributed by atoms with Crippen molar-refractivity contribution in [2.24, 2.45) is 16.6 Å². The summed E-state index contributed by atoms with van der Waals surface area (Å²) in [5, 5.41) is 0. The highest BCUT2D eigenvalue weighted by molar-refractivity contribution is 9.10. The Hall–Kier alpha value is -1.32. The Bertz CT molecular complexity index is 697. The summed E-state index contributed by atoms with van der Waals surface area (Å²) in [5.74, 6) is 0.952. The molecular weight excluding hydrogens is 348 g/mol. The minimum absolute atomic E-state index is 0. The van der Waals surface area contributed by atoms with Crippen LogP contribution in [0.1, 0.15) is 30.5 Å². The fraction of sp³-hybridized carbons (Fsp3) is 0.235. The second kappa shape index (κ2) is 5.82. The van der Waals surface area contributed by atoms with E-state index in [1.807, 2.05) is 12.1 Å². The molecule has 0 saturated carbocycles. The van der Waals surface area contributed by atoms with E-state index in [0.29, 0.717) is 11.8 Å². The zero-order chi connectivity index (χ0) is 14.3. The zero-order valence-electron chi connectivity index (χ0n) is 12.0. The van der Waals surface area contributed by atoms with Crippen molar-refractivity contribution in [1.82, 2.24) is 0 Å². The third kappa shape index (κ3) is 2.39. The van der Waals surface area contributed by atoms with Crippen molar-refractivity contribution in [1.29, 1.82) is 0 Å². The van der Waals surface area contributed by atoms with Gasteiger partial charge in [0.2, 0.25) is 0 Å². The van der Waals surface area contributed by atoms with Crippen molar-refractivity contribution >= 4 is 34.2 Å². The molecule has 4 heteroatoms. The first-order valence-corrected chi connectivity index (χ1v) is 7.56. The fourth-order valence-corrected chi connectivity index (χ4v) is 3.47. The highest BCUT2D eigenvalue weighted by atomic mass is 79.9. The van der Waals surface area contributed by atoms with Crippen LogP contribution in [-0.4, -0.2) is 5.84 Å². The molecule has 1 unspecified atom stereocenters. The number of fused-ring (bicyclic) bond motifs is 1. The van der Waals surface area contributed by atoms with Crippen LogP contribution in [0.2, 0.25) is 0 Å². The SMILES string of the molecule is CC(C)C1(c2cccc(Br)c2)N=C(N)c2ccccc21.Cl. The number of nitrogens with zero attached hydrogens (tertiary/aromatic N) is 1. The lowest BCUT2D eigenvalue weighted by atomic mass is 9.75. The van der Waals surface area contributed by atoms with Gasteiger partial charge in [-0.15, -0.1) is 12.4 Å². The van der Waals surface area contributed by atoms with E-state index in [0.717, 1.165) is 10.0 Å². The van der Waals surface area contributed by atoms with E-state index in [2.05, 4.69) is 66.2 Å². The molecule has 2 N–H and O–H groups in total. The molecule has 0 radical (unpaired) electrons. The van der Waals surface area contributed by atoms with Crippen LogP contribution in [0, 0.1) is 5.92 Å². The number of benzene rings is 2. The highest BCUT2D eigenvalue weighted by Crippen LogP contribution is 2.46. The van der Waals surface area contributed by atoms with Gasteiger partial charge in [0.05, 0.1) is 0 Å². The smallest absolute Gasteiger partial charge is 0.127 e. The molecule has 2 aromatic rings. The maximum absolute atomic E-state index is 6.17. The van der Waals surface area contributed by atoms with Crippen molar-refractivity contribution in [2.45, 2.75) is 19.4 Å². The van der Waals surface area contributed by atoms with Crippen molar-refractivity contribution < 1.29 is 0 Å². The molecule has 0 amide bonds. The lowest BCUT2D eigenvalue weighted by molar-refractivity contribution is 0.393. The van der Waals surface area contributed by atoms with E-state index in [9.17, 15) is 0 Å². The summed E-state index contributed by atoms with van der Waals surface area (Å²) in [6, 6.07) is 16.6. The zero-order valence-corrected chi connectivity index (χ0v) is 14.4. The molecule has 110 valence electrons. The number of aliphatic imine (C=N–C) groups is 1. The predicted octanol–water partition coefficient (Wildman–Crippen LogP) is 4.49. The van der Waals surface area contributed by atoms with Gasteiger partial charge >= 0.3 is 0 Å². The van der Waals surface area contributed by atoms with Gasteiger partial charge in [-0.3, -0.25) is 4.99 Å². The van der Waals surface area contributed by atoms with Gasteiger partial charge in [0.1, 0.15) is 11.4 Å². The number of amidine groups is 1. The molecule has 2 aromatic carbocycles. The third-order valence-electron chi connectivity index (χ3n) is 4.01. The molecular formula is C17H18BrClN2. The van der Waals surface area contributed by atoms with Gasteiger partial charge in [-0.05, 0) is 29.2 Å². The van der Waals surface area contributed by atoms with Crippen molar-refractivity contribution in [2.75, 3.05) is 0 Å². The van der Waals surface area contributed by atoms with Gasteiger partial charge < -0.3 is 5.73 Å². The second-order valence-corrected chi connectivity index (χ2v) is 6.39. The van der Waals surface area contributed by atoms with Crippen molar-refractivity contribution in [3.63, 3.8) is 0 Å². The average Bonchev–Trinajstić information content (AvgIpc) is 2.74. The van der Waals surface area contributed by atoms with E-state index in [4.69, 9.17) is 10.7 Å². The quantitative estimate of drug-likeness (QED) is 0.836. The van der Waals surface area contributed by atoms with Gasteiger partial charge in [0.25, 0.3) is 0 Å². The van der Waals surface area contributed by atoms with Gasteiger partial charge in [-0.2, -0.15) is 0 Å². The Labute approximate surface area is 140 Å². The van der Waals surface area contributed by atoms with Crippen LogP contribution in [0.25, 0.3) is 0 Å². The van der Waals surface area contributed by atoms with Crippen molar-refractivity contribution in [3.8, 4) is 0 Å². The Morgan fingerprint density at radius 1 is 1.10 bits per heavy atom. The normalized spacial score (nSPS) is 19.9. The molecule has 1 aliphatic rings. The molecule has 0 fully saturated rings. The summed E-state index contributed by atoms with van der Waals surface area (Å²) in [5.41, 5.74) is 9.22. The summed E-state index contributed by atoms with van der Waals surface area (Å²) >= 11 is 3.56. The van der Waals surface area contributed by atoms with Crippen LogP contribution >= 0.6 is 28.3 Å². The second-order valence-electron chi connectivity index (χ2n) is 5.47. The van der Waals surface area contributed by atoms with Gasteiger partial charge in [-0.1, -0.05) is 66.2 Å². The van der Waals surface area contributed by atoms with Crippen molar-refractivity contribution in [3.05, 3.63) is 69.7 Å². The fourth-order valence-electron chi connectivity index (χ4n) is 3.07. The lowest BCUT2D eigenvalue weighted by Gasteiger charge is -2.32. The minimum Gasteiger partial charge on any atom is -0.383 e. The lowest BCUT2D eigenvalue weighted by Crippen LogP contribution is -2.30. The molecule has 0 saturated heterocycles. The summed E-state index contributed by atoms with van der Waals surface area (Å²) in [6.07, 6.45) is 0. The average molecular weight is 366 g/mol. The monoisotopic (exact) mass is 364 g/mol. The summed E-state index contributed by atoms with van der Waals surface area (Å²) in [6.45, 7) is 4.39. The first-order valence-electron chi connectivity index (χ1n) is 6.77. The van der Waals surface area contributed by atoms with E-state index >= 15 is 0 Å². The van der Waals surface area contributed by atoms with Crippen LogP contribution in [-0.2, 0) is 5.54 Å². The molecule has 0 spiro atoms. The molecule has 1 atom stereocenters. The Kier molecular flexibility index (Phi) is 4.45. The summed E-state index contributed by atoms with van der Waals surface area (Å²) in [7, 11) is 0. The number of hydrogen-bond donors (Lipinski definition) is 1. The van der Waals surface area contributed by atoms with Gasteiger partial charge in [0, 0.05) is 10.0 Å². The van der Waals surface area contributed by atoms with Crippen LogP contribution in [0.3, 0.4) is 0 Å². The molecule has 3 rings (SSSR count). The Morgan fingerprint density at radius 2 is 1.81 bits per heavy atom. The van der Waals surface area contributed by atoms with Crippen LogP contribution in [0.4, 0.5) is 0 Å². The van der Waals surface area contributed by atoms with E-state index in [1.54, 1.807) is 0 Å². The molecule has 1 aliphatic heterocycles. The van der Waals surface area contributed by atoms with Gasteiger partial charge in [0.15, 0.2) is 0 Å². The van der Waals surface area contributed by atoms with Crippen LogP contribution in [0.5, 0.6) is 0 Å². The molecule has 21 heavy (non-hydrogen) atoms. The van der Waals surface area contributed by atoms with Crippen LogP contribution < -0.4 is 5.73 Å². The number of hydrogen-bond acceptors (Lipinski definition) is 2. The standard InChI is InChI=1S/C17H17BrN2.ClH/c1-11(2)17(12-6-5-7-13(18)10-12)15-9-4-3-8-14(15)16(19)20-17;/h3-11H,1-2H3,(H2,19,20);1H. The van der Waals surface area contributed by atoms with E-state index in [-0.39, 0.29) is 17.9 Å². The summed E-state index contributed by atoms with van der Waals surface area (Å²) < 4.78 is 1.06. The number of halogens is 2. The van der Waals surface area contributed by atoms with Gasteiger partial charge in [-0.25, -0.2) is 0 Å². The Morgan fingerprint density at radius 3 is 2.48 bits per heavy atom. The molecule has 2 nitrogen and oxygen atoms in total. The van der Waals surface area contributed by atoms with E-state index in [1.165, 1.54) is 11.1 Å². The highest BCUT2D eigenvalue weighted by Gasteiger charge is 2.43. The number of rotatable bonds is 2. The molecule has 0 aliphatic carbocycles. The number of nitrogens with two attached hydrogens (primary N) is 1. The topological polar surface area (TPSA) is 38.4 Å². The maximum atomic E-state index is 6.17. The minimum atomic E-state index is -0.384. The maximum Gasteiger partial charge on any atom is 0.127 e. The third-order valence-corrected chi connectivity index (χ3v) is 4.50.